The lowest BCUT2D eigenvalue weighted by molar-refractivity contribution is -0.133. The molecule has 6 nitrogen and oxygen atoms in total. The van der Waals surface area contributed by atoms with E-state index in [-0.39, 0.29) is 17.7 Å². The van der Waals surface area contributed by atoms with Crippen LogP contribution in [0.25, 0.3) is 0 Å². The highest BCUT2D eigenvalue weighted by Crippen LogP contribution is 2.10. The molecular formula is C18H24N4O2. The molecule has 0 aliphatic rings. The van der Waals surface area contributed by atoms with Gasteiger partial charge in [-0.1, -0.05) is 32.0 Å². The summed E-state index contributed by atoms with van der Waals surface area (Å²) in [6.07, 6.45) is 3.60. The van der Waals surface area contributed by atoms with E-state index < -0.39 is 6.04 Å². The molecule has 0 saturated heterocycles. The van der Waals surface area contributed by atoms with E-state index in [4.69, 9.17) is 0 Å². The average Bonchev–Trinajstić information content (AvgIpc) is 2.97. The first-order valence-corrected chi connectivity index (χ1v) is 7.97. The maximum atomic E-state index is 12.7. The third-order valence-electron chi connectivity index (χ3n) is 3.81. The summed E-state index contributed by atoms with van der Waals surface area (Å²) in [5, 5.41) is 6.96. The van der Waals surface area contributed by atoms with Crippen LogP contribution in [0.4, 0.5) is 0 Å². The molecule has 1 heterocycles. The van der Waals surface area contributed by atoms with E-state index in [1.807, 2.05) is 33.2 Å². The van der Waals surface area contributed by atoms with Crippen molar-refractivity contribution >= 4 is 11.8 Å². The maximum absolute atomic E-state index is 12.7. The molecule has 0 saturated carbocycles. The molecule has 0 unspecified atom stereocenters. The minimum atomic E-state index is -0.570. The standard InChI is InChI=1S/C18H24N4O2/c1-13(2)16(20-17(23)15-8-6-5-7-9-15)18(24)21(3)11-14-10-19-22(4)12-14/h5-10,12-13,16H,11H2,1-4H3,(H,20,23)/t16-/m1/s1. The Kier molecular flexibility index (Phi) is 5.73. The Balaban J connectivity index is 2.05. The monoisotopic (exact) mass is 328 g/mol. The van der Waals surface area contributed by atoms with Crippen molar-refractivity contribution in [3.63, 3.8) is 0 Å². The first kappa shape index (κ1) is 17.7. The molecule has 0 aliphatic carbocycles. The van der Waals surface area contributed by atoms with E-state index in [9.17, 15) is 9.59 Å². The van der Waals surface area contributed by atoms with E-state index in [0.29, 0.717) is 12.1 Å². The summed E-state index contributed by atoms with van der Waals surface area (Å²) in [6, 6.07) is 8.35. The minimum Gasteiger partial charge on any atom is -0.340 e. The van der Waals surface area contributed by atoms with Gasteiger partial charge in [-0.15, -0.1) is 0 Å². The van der Waals surface area contributed by atoms with Crippen LogP contribution < -0.4 is 5.32 Å². The van der Waals surface area contributed by atoms with Gasteiger partial charge < -0.3 is 10.2 Å². The summed E-state index contributed by atoms with van der Waals surface area (Å²) >= 11 is 0. The van der Waals surface area contributed by atoms with Crippen LogP contribution in [0.5, 0.6) is 0 Å². The zero-order valence-corrected chi connectivity index (χ0v) is 14.6. The van der Waals surface area contributed by atoms with Crippen LogP contribution in [0.3, 0.4) is 0 Å². The predicted molar refractivity (Wildman–Crippen MR) is 92.2 cm³/mol. The molecule has 1 atom stereocenters. The molecule has 24 heavy (non-hydrogen) atoms. The second kappa shape index (κ2) is 7.77. The summed E-state index contributed by atoms with van der Waals surface area (Å²) < 4.78 is 1.70. The number of benzene rings is 1. The molecule has 1 N–H and O–H groups in total. The molecule has 6 heteroatoms. The number of likely N-dealkylation sites (N-methyl/N-ethyl adjacent to an activating group) is 1. The van der Waals surface area contributed by atoms with Gasteiger partial charge in [0.2, 0.25) is 5.91 Å². The number of hydrogen-bond acceptors (Lipinski definition) is 3. The lowest BCUT2D eigenvalue weighted by atomic mass is 10.0. The molecule has 0 spiro atoms. The topological polar surface area (TPSA) is 67.2 Å². The highest BCUT2D eigenvalue weighted by Gasteiger charge is 2.27. The SMILES string of the molecule is CC(C)[C@@H](NC(=O)c1ccccc1)C(=O)N(C)Cc1cnn(C)c1. The lowest BCUT2D eigenvalue weighted by Gasteiger charge is -2.27. The van der Waals surface area contributed by atoms with Crippen molar-refractivity contribution < 1.29 is 9.59 Å². The Bertz CT molecular complexity index is 694. The fourth-order valence-corrected chi connectivity index (χ4v) is 2.47. The number of carbonyl (C=O) groups excluding carboxylic acids is 2. The van der Waals surface area contributed by atoms with Crippen molar-refractivity contribution in [2.24, 2.45) is 13.0 Å². The van der Waals surface area contributed by atoms with Crippen LogP contribution in [-0.2, 0) is 18.4 Å². The molecule has 0 aliphatic heterocycles. The summed E-state index contributed by atoms with van der Waals surface area (Å²) in [4.78, 5) is 26.7. The van der Waals surface area contributed by atoms with E-state index in [0.717, 1.165) is 5.56 Å². The first-order chi connectivity index (χ1) is 11.4. The number of rotatable bonds is 6. The summed E-state index contributed by atoms with van der Waals surface area (Å²) in [6.45, 7) is 4.30. The second-order valence-corrected chi connectivity index (χ2v) is 6.28. The largest absolute Gasteiger partial charge is 0.340 e. The number of amides is 2. The van der Waals surface area contributed by atoms with Crippen molar-refractivity contribution in [2.45, 2.75) is 26.4 Å². The number of carbonyl (C=O) groups is 2. The number of aromatic nitrogens is 2. The molecule has 128 valence electrons. The zero-order chi connectivity index (χ0) is 17.7. The van der Waals surface area contributed by atoms with Crippen LogP contribution in [0.2, 0.25) is 0 Å². The molecule has 2 aromatic rings. The average molecular weight is 328 g/mol. The first-order valence-electron chi connectivity index (χ1n) is 7.97. The highest BCUT2D eigenvalue weighted by molar-refractivity contribution is 5.97. The van der Waals surface area contributed by atoms with Crippen LogP contribution >= 0.6 is 0 Å². The molecule has 2 amide bonds. The maximum Gasteiger partial charge on any atom is 0.251 e. The van der Waals surface area contributed by atoms with Gasteiger partial charge in [0.05, 0.1) is 6.20 Å². The Morgan fingerprint density at radius 1 is 1.25 bits per heavy atom. The molecule has 1 aromatic carbocycles. The number of nitrogens with one attached hydrogen (secondary N) is 1. The van der Waals surface area contributed by atoms with E-state index in [1.54, 1.807) is 47.1 Å². The van der Waals surface area contributed by atoms with E-state index in [2.05, 4.69) is 10.4 Å². The van der Waals surface area contributed by atoms with Gasteiger partial charge in [0.15, 0.2) is 0 Å². The van der Waals surface area contributed by atoms with Gasteiger partial charge in [-0.25, -0.2) is 0 Å². The van der Waals surface area contributed by atoms with Gasteiger partial charge in [-0.2, -0.15) is 5.10 Å². The van der Waals surface area contributed by atoms with Gasteiger partial charge in [0, 0.05) is 38.0 Å². The molecular weight excluding hydrogens is 304 g/mol. The van der Waals surface area contributed by atoms with Crippen molar-refractivity contribution in [3.8, 4) is 0 Å². The molecule has 2 rings (SSSR count). The normalized spacial score (nSPS) is 12.0. The number of nitrogens with zero attached hydrogens (tertiary/aromatic N) is 3. The van der Waals surface area contributed by atoms with Crippen molar-refractivity contribution in [1.82, 2.24) is 20.0 Å². The van der Waals surface area contributed by atoms with Gasteiger partial charge in [-0.3, -0.25) is 14.3 Å². The van der Waals surface area contributed by atoms with Gasteiger partial charge in [0.1, 0.15) is 6.04 Å². The second-order valence-electron chi connectivity index (χ2n) is 6.28. The van der Waals surface area contributed by atoms with Crippen molar-refractivity contribution in [3.05, 3.63) is 53.9 Å². The Hall–Kier alpha value is -2.63. The van der Waals surface area contributed by atoms with Crippen LogP contribution in [0.15, 0.2) is 42.7 Å². The fraction of sp³-hybridized carbons (Fsp3) is 0.389. The third-order valence-corrected chi connectivity index (χ3v) is 3.81. The number of aryl methyl sites for hydroxylation is 1. The highest BCUT2D eigenvalue weighted by atomic mass is 16.2. The smallest absolute Gasteiger partial charge is 0.251 e. The zero-order valence-electron chi connectivity index (χ0n) is 14.6. The molecule has 0 radical (unpaired) electrons. The van der Waals surface area contributed by atoms with Gasteiger partial charge >= 0.3 is 0 Å². The summed E-state index contributed by atoms with van der Waals surface area (Å²) in [5.74, 6) is -0.364. The quantitative estimate of drug-likeness (QED) is 0.880. The van der Waals surface area contributed by atoms with E-state index in [1.165, 1.54) is 0 Å². The van der Waals surface area contributed by atoms with Gasteiger partial charge in [0.25, 0.3) is 5.91 Å². The third kappa shape index (κ3) is 4.44. The summed E-state index contributed by atoms with van der Waals surface area (Å²) in [5.41, 5.74) is 1.50. The van der Waals surface area contributed by atoms with E-state index >= 15 is 0 Å². The molecule has 0 bridgehead atoms. The molecule has 0 fully saturated rings. The molecule has 1 aromatic heterocycles. The Morgan fingerprint density at radius 3 is 2.46 bits per heavy atom. The Morgan fingerprint density at radius 2 is 1.92 bits per heavy atom. The fourth-order valence-electron chi connectivity index (χ4n) is 2.47. The van der Waals surface area contributed by atoms with Crippen LogP contribution in [0.1, 0.15) is 29.8 Å². The number of hydrogen-bond donors (Lipinski definition) is 1. The van der Waals surface area contributed by atoms with Gasteiger partial charge in [-0.05, 0) is 18.1 Å². The minimum absolute atomic E-state index is 0.0125. The van der Waals surface area contributed by atoms with Crippen LogP contribution in [0, 0.1) is 5.92 Å². The summed E-state index contributed by atoms with van der Waals surface area (Å²) in [7, 11) is 3.57. The van der Waals surface area contributed by atoms with Crippen LogP contribution in [-0.4, -0.2) is 39.6 Å². The van der Waals surface area contributed by atoms with Crippen molar-refractivity contribution in [1.29, 1.82) is 0 Å². The Labute approximate surface area is 142 Å². The lowest BCUT2D eigenvalue weighted by Crippen LogP contribution is -2.50. The van der Waals surface area contributed by atoms with Crippen molar-refractivity contribution in [2.75, 3.05) is 7.05 Å². The predicted octanol–water partition coefficient (Wildman–Crippen LogP) is 1.83.